The molecular formula is C13H15N3O2. The molecule has 2 aromatic rings. The number of imidazole rings is 1. The molecule has 3 rings (SSSR count). The molecule has 0 spiro atoms. The quantitative estimate of drug-likeness (QED) is 0.792. The van der Waals surface area contributed by atoms with Gasteiger partial charge in [-0.3, -0.25) is 9.36 Å². The van der Waals surface area contributed by atoms with Crippen LogP contribution in [0, 0.1) is 0 Å². The molecule has 0 aliphatic heterocycles. The number of Topliss-reactive ketones (excluding diaryl/α,β-unsaturated/α-hetero) is 1. The van der Waals surface area contributed by atoms with Crippen molar-refractivity contribution in [3.05, 3.63) is 34.2 Å². The van der Waals surface area contributed by atoms with Crippen LogP contribution >= 0.6 is 0 Å². The SMILES string of the molecule is CNCC(=O)c1ccc2c(c1)[nH]c(=O)n2C1CC1. The van der Waals surface area contributed by atoms with Gasteiger partial charge in [-0.15, -0.1) is 0 Å². The first-order chi connectivity index (χ1) is 8.70. The Labute approximate surface area is 104 Å². The van der Waals surface area contributed by atoms with Gasteiger partial charge in [0.05, 0.1) is 17.6 Å². The summed E-state index contributed by atoms with van der Waals surface area (Å²) < 4.78 is 1.79. The molecule has 2 N–H and O–H groups in total. The van der Waals surface area contributed by atoms with Crippen molar-refractivity contribution in [1.29, 1.82) is 0 Å². The second-order valence-electron chi connectivity index (χ2n) is 4.72. The Morgan fingerprint density at radius 2 is 2.28 bits per heavy atom. The largest absolute Gasteiger partial charge is 0.326 e. The number of nitrogens with one attached hydrogen (secondary N) is 2. The normalized spacial score (nSPS) is 15.2. The van der Waals surface area contributed by atoms with Crippen molar-refractivity contribution in [2.45, 2.75) is 18.9 Å². The molecule has 0 bridgehead atoms. The van der Waals surface area contributed by atoms with Gasteiger partial charge in [0.2, 0.25) is 0 Å². The van der Waals surface area contributed by atoms with E-state index in [0.717, 1.165) is 23.9 Å². The number of hydrogen-bond donors (Lipinski definition) is 2. The van der Waals surface area contributed by atoms with Crippen molar-refractivity contribution >= 4 is 16.8 Å². The van der Waals surface area contributed by atoms with Crippen LogP contribution in [0.3, 0.4) is 0 Å². The zero-order valence-corrected chi connectivity index (χ0v) is 10.2. The Morgan fingerprint density at radius 1 is 1.50 bits per heavy atom. The van der Waals surface area contributed by atoms with Crippen molar-refractivity contribution in [3.63, 3.8) is 0 Å². The average molecular weight is 245 g/mol. The Morgan fingerprint density at radius 3 is 2.94 bits per heavy atom. The number of H-pyrrole nitrogens is 1. The molecule has 1 aromatic heterocycles. The van der Waals surface area contributed by atoms with Crippen LogP contribution < -0.4 is 11.0 Å². The Balaban J connectivity index is 2.08. The molecule has 1 aliphatic carbocycles. The molecule has 1 aliphatic rings. The van der Waals surface area contributed by atoms with Crippen LogP contribution in [-0.2, 0) is 0 Å². The van der Waals surface area contributed by atoms with E-state index in [1.54, 1.807) is 23.7 Å². The van der Waals surface area contributed by atoms with Gasteiger partial charge in [-0.05, 0) is 38.1 Å². The molecule has 1 aromatic carbocycles. The van der Waals surface area contributed by atoms with Crippen molar-refractivity contribution in [2.24, 2.45) is 0 Å². The summed E-state index contributed by atoms with van der Waals surface area (Å²) in [4.78, 5) is 26.4. The average Bonchev–Trinajstić information content (AvgIpc) is 3.11. The number of likely N-dealkylation sites (N-methyl/N-ethyl adjacent to an activating group) is 1. The number of aromatic nitrogens is 2. The van der Waals surface area contributed by atoms with E-state index in [4.69, 9.17) is 0 Å². The molecule has 94 valence electrons. The van der Waals surface area contributed by atoms with E-state index in [1.807, 2.05) is 6.07 Å². The second-order valence-corrected chi connectivity index (χ2v) is 4.72. The zero-order valence-electron chi connectivity index (χ0n) is 10.2. The number of hydrogen-bond acceptors (Lipinski definition) is 3. The lowest BCUT2D eigenvalue weighted by molar-refractivity contribution is 0.0993. The lowest BCUT2D eigenvalue weighted by Crippen LogP contribution is -2.18. The summed E-state index contributed by atoms with van der Waals surface area (Å²) in [6, 6.07) is 5.74. The van der Waals surface area contributed by atoms with Crippen LogP contribution in [0.2, 0.25) is 0 Å². The molecule has 5 nitrogen and oxygen atoms in total. The number of carbonyl (C=O) groups is 1. The second kappa shape index (κ2) is 4.10. The topological polar surface area (TPSA) is 66.9 Å². The van der Waals surface area contributed by atoms with Gasteiger partial charge < -0.3 is 10.3 Å². The maximum atomic E-state index is 11.8. The molecule has 1 saturated carbocycles. The van der Waals surface area contributed by atoms with Gasteiger partial charge in [0, 0.05) is 11.6 Å². The van der Waals surface area contributed by atoms with E-state index in [1.165, 1.54) is 0 Å². The van der Waals surface area contributed by atoms with Gasteiger partial charge in [-0.1, -0.05) is 0 Å². The number of rotatable bonds is 4. The Kier molecular flexibility index (Phi) is 2.56. The van der Waals surface area contributed by atoms with E-state index in [9.17, 15) is 9.59 Å². The Hall–Kier alpha value is -1.88. The van der Waals surface area contributed by atoms with Crippen LogP contribution in [0.1, 0.15) is 29.2 Å². The van der Waals surface area contributed by atoms with Crippen LogP contribution in [0.5, 0.6) is 0 Å². The molecule has 0 atom stereocenters. The predicted octanol–water partition coefficient (Wildman–Crippen LogP) is 1.07. The minimum absolute atomic E-state index is 0.0272. The summed E-state index contributed by atoms with van der Waals surface area (Å²) in [5.41, 5.74) is 2.18. The highest BCUT2D eigenvalue weighted by atomic mass is 16.1. The van der Waals surface area contributed by atoms with E-state index >= 15 is 0 Å². The van der Waals surface area contributed by atoms with Crippen LogP contribution in [0.25, 0.3) is 11.0 Å². The third-order valence-electron chi connectivity index (χ3n) is 3.29. The van der Waals surface area contributed by atoms with Crippen LogP contribution in [0.4, 0.5) is 0 Å². The van der Waals surface area contributed by atoms with E-state index in [2.05, 4.69) is 10.3 Å². The molecule has 5 heteroatoms. The lowest BCUT2D eigenvalue weighted by atomic mass is 10.1. The summed E-state index contributed by atoms with van der Waals surface area (Å²) in [6.45, 7) is 0.305. The molecular weight excluding hydrogens is 230 g/mol. The smallest absolute Gasteiger partial charge is 0.313 e. The zero-order chi connectivity index (χ0) is 12.7. The van der Waals surface area contributed by atoms with Gasteiger partial charge in [-0.25, -0.2) is 4.79 Å². The highest BCUT2D eigenvalue weighted by Crippen LogP contribution is 2.35. The molecule has 0 saturated heterocycles. The first-order valence-electron chi connectivity index (χ1n) is 6.13. The fraction of sp³-hybridized carbons (Fsp3) is 0.385. The van der Waals surface area contributed by atoms with Crippen LogP contribution in [0.15, 0.2) is 23.0 Å². The minimum Gasteiger partial charge on any atom is -0.313 e. The number of benzene rings is 1. The number of ketones is 1. The molecule has 0 radical (unpaired) electrons. The fourth-order valence-electron chi connectivity index (χ4n) is 2.26. The number of nitrogens with zero attached hydrogens (tertiary/aromatic N) is 1. The number of carbonyl (C=O) groups excluding carboxylic acids is 1. The standard InChI is InChI=1S/C13H15N3O2/c1-14-7-12(17)8-2-5-11-10(6-8)15-13(18)16(11)9-3-4-9/h2,5-6,9,14H,3-4,7H2,1H3,(H,15,18). The third kappa shape index (κ3) is 1.76. The van der Waals surface area contributed by atoms with Gasteiger partial charge in [0.25, 0.3) is 0 Å². The fourth-order valence-corrected chi connectivity index (χ4v) is 2.26. The molecule has 1 fully saturated rings. The molecule has 18 heavy (non-hydrogen) atoms. The van der Waals surface area contributed by atoms with E-state index in [0.29, 0.717) is 18.2 Å². The van der Waals surface area contributed by atoms with Gasteiger partial charge in [0.1, 0.15) is 0 Å². The first-order valence-corrected chi connectivity index (χ1v) is 6.13. The van der Waals surface area contributed by atoms with Crippen molar-refractivity contribution in [3.8, 4) is 0 Å². The highest BCUT2D eigenvalue weighted by molar-refractivity contribution is 6.00. The summed E-state index contributed by atoms with van der Waals surface area (Å²) in [5, 5.41) is 2.83. The third-order valence-corrected chi connectivity index (χ3v) is 3.29. The van der Waals surface area contributed by atoms with Crippen molar-refractivity contribution in [1.82, 2.24) is 14.9 Å². The maximum absolute atomic E-state index is 11.8. The maximum Gasteiger partial charge on any atom is 0.326 e. The van der Waals surface area contributed by atoms with Crippen LogP contribution in [-0.4, -0.2) is 28.9 Å². The van der Waals surface area contributed by atoms with E-state index < -0.39 is 0 Å². The Bertz CT molecular complexity index is 664. The van der Waals surface area contributed by atoms with Gasteiger partial charge >= 0.3 is 5.69 Å². The molecule has 0 unspecified atom stereocenters. The van der Waals surface area contributed by atoms with E-state index in [-0.39, 0.29) is 11.5 Å². The van der Waals surface area contributed by atoms with Gasteiger partial charge in [-0.2, -0.15) is 0 Å². The highest BCUT2D eigenvalue weighted by Gasteiger charge is 2.27. The summed E-state index contributed by atoms with van der Waals surface area (Å²) in [7, 11) is 1.74. The number of fused-ring (bicyclic) bond motifs is 1. The van der Waals surface area contributed by atoms with Crippen molar-refractivity contribution < 1.29 is 4.79 Å². The summed E-state index contributed by atoms with van der Waals surface area (Å²) in [6.07, 6.45) is 2.13. The first kappa shape index (κ1) is 11.2. The molecule has 1 heterocycles. The molecule has 0 amide bonds. The summed E-state index contributed by atoms with van der Waals surface area (Å²) in [5.74, 6) is 0.0272. The minimum atomic E-state index is -0.0780. The summed E-state index contributed by atoms with van der Waals surface area (Å²) >= 11 is 0. The number of aromatic amines is 1. The van der Waals surface area contributed by atoms with Gasteiger partial charge in [0.15, 0.2) is 5.78 Å². The van der Waals surface area contributed by atoms with Crippen molar-refractivity contribution in [2.75, 3.05) is 13.6 Å². The lowest BCUT2D eigenvalue weighted by Gasteiger charge is -2.02. The monoisotopic (exact) mass is 245 g/mol. The predicted molar refractivity (Wildman–Crippen MR) is 69.1 cm³/mol.